The van der Waals surface area contributed by atoms with Gasteiger partial charge in [-0.15, -0.1) is 0 Å². The molecule has 3 nitrogen and oxygen atoms in total. The van der Waals surface area contributed by atoms with Crippen molar-refractivity contribution in [3.63, 3.8) is 0 Å². The molecule has 1 saturated carbocycles. The maximum Gasteiger partial charge on any atom is 0.226 e. The molecule has 3 rings (SSSR count). The van der Waals surface area contributed by atoms with Crippen molar-refractivity contribution in [2.24, 2.45) is 17.6 Å². The third kappa shape index (κ3) is 4.26. The van der Waals surface area contributed by atoms with Gasteiger partial charge in [-0.2, -0.15) is 0 Å². The average molecular weight is 340 g/mol. The average Bonchev–Trinajstić information content (AvgIpc) is 3.12. The summed E-state index contributed by atoms with van der Waals surface area (Å²) in [5.74, 6) is 0.0297. The van der Waals surface area contributed by atoms with E-state index in [4.69, 9.17) is 5.73 Å². The van der Waals surface area contributed by atoms with Crippen LogP contribution in [0.4, 0.5) is 4.39 Å². The highest BCUT2D eigenvalue weighted by Crippen LogP contribution is 2.33. The molecule has 0 radical (unpaired) electrons. The molecular weight excluding hydrogens is 315 g/mol. The number of hydrogen-bond donors (Lipinski definition) is 1. The fourth-order valence-electron chi connectivity index (χ4n) is 3.73. The second-order valence-corrected chi connectivity index (χ2v) is 6.80. The Bertz CT molecular complexity index is 704. The van der Waals surface area contributed by atoms with Gasteiger partial charge in [0.05, 0.1) is 0 Å². The van der Waals surface area contributed by atoms with Crippen LogP contribution < -0.4 is 5.73 Å². The monoisotopic (exact) mass is 340 g/mol. The molecule has 4 heteroatoms. The lowest BCUT2D eigenvalue weighted by atomic mass is 9.94. The number of carbonyl (C=O) groups is 1. The van der Waals surface area contributed by atoms with Crippen LogP contribution in [0.5, 0.6) is 0 Å². The minimum Gasteiger partial charge on any atom is -0.334 e. The van der Waals surface area contributed by atoms with E-state index in [1.54, 1.807) is 17.0 Å². The van der Waals surface area contributed by atoms with Gasteiger partial charge in [0.2, 0.25) is 5.91 Å². The maximum atomic E-state index is 14.1. The summed E-state index contributed by atoms with van der Waals surface area (Å²) in [6.45, 7) is 1.31. The van der Waals surface area contributed by atoms with Crippen molar-refractivity contribution in [1.29, 1.82) is 0 Å². The lowest BCUT2D eigenvalue weighted by molar-refractivity contribution is -0.138. The van der Waals surface area contributed by atoms with E-state index in [1.807, 2.05) is 36.4 Å². The van der Waals surface area contributed by atoms with Crippen LogP contribution in [0.25, 0.3) is 0 Å². The smallest absolute Gasteiger partial charge is 0.226 e. The first-order chi connectivity index (χ1) is 12.2. The van der Waals surface area contributed by atoms with Gasteiger partial charge in [0.1, 0.15) is 5.82 Å². The van der Waals surface area contributed by atoms with Crippen molar-refractivity contribution in [1.82, 2.24) is 4.90 Å². The number of nitrogens with zero attached hydrogens (tertiary/aromatic N) is 1. The summed E-state index contributed by atoms with van der Waals surface area (Å²) >= 11 is 0. The second-order valence-electron chi connectivity index (χ2n) is 6.80. The molecule has 2 aromatic carbocycles. The van der Waals surface area contributed by atoms with Gasteiger partial charge in [-0.05, 0) is 36.9 Å². The summed E-state index contributed by atoms with van der Waals surface area (Å²) in [5, 5.41) is 0. The van der Waals surface area contributed by atoms with Gasteiger partial charge in [-0.25, -0.2) is 4.39 Å². The summed E-state index contributed by atoms with van der Waals surface area (Å²) in [6.07, 6.45) is 2.92. The van der Waals surface area contributed by atoms with Crippen molar-refractivity contribution >= 4 is 5.91 Å². The van der Waals surface area contributed by atoms with Crippen LogP contribution in [0.1, 0.15) is 30.4 Å². The van der Waals surface area contributed by atoms with Gasteiger partial charge in [0, 0.05) is 24.6 Å². The molecule has 132 valence electrons. The van der Waals surface area contributed by atoms with Gasteiger partial charge < -0.3 is 10.6 Å². The Hall–Kier alpha value is -2.20. The number of amides is 1. The van der Waals surface area contributed by atoms with E-state index in [0.29, 0.717) is 18.7 Å². The number of carbonyl (C=O) groups excluding carboxylic acids is 1. The molecule has 25 heavy (non-hydrogen) atoms. The van der Waals surface area contributed by atoms with Crippen LogP contribution in [0, 0.1) is 17.7 Å². The Kier molecular flexibility index (Phi) is 5.82. The van der Waals surface area contributed by atoms with Crippen LogP contribution >= 0.6 is 0 Å². The Balaban J connectivity index is 1.83. The van der Waals surface area contributed by atoms with Gasteiger partial charge in [0.15, 0.2) is 0 Å². The first-order valence-electron chi connectivity index (χ1n) is 8.95. The Labute approximate surface area is 148 Å². The van der Waals surface area contributed by atoms with E-state index in [2.05, 4.69) is 0 Å². The third-order valence-corrected chi connectivity index (χ3v) is 5.13. The van der Waals surface area contributed by atoms with Crippen LogP contribution in [-0.4, -0.2) is 17.4 Å². The van der Waals surface area contributed by atoms with E-state index in [0.717, 1.165) is 24.8 Å². The summed E-state index contributed by atoms with van der Waals surface area (Å²) in [6, 6.07) is 16.5. The molecule has 2 N–H and O–H groups in total. The number of rotatable bonds is 6. The third-order valence-electron chi connectivity index (χ3n) is 5.13. The zero-order chi connectivity index (χ0) is 17.6. The fraction of sp³-hybridized carbons (Fsp3) is 0.381. The molecule has 0 aliphatic heterocycles. The van der Waals surface area contributed by atoms with E-state index in [1.165, 1.54) is 6.07 Å². The normalized spacial score (nSPS) is 19.8. The van der Waals surface area contributed by atoms with Crippen molar-refractivity contribution in [2.45, 2.75) is 32.4 Å². The molecule has 0 bridgehead atoms. The molecule has 1 aliphatic rings. The predicted molar refractivity (Wildman–Crippen MR) is 97.0 cm³/mol. The standard InChI is InChI=1S/C21H25FN2O/c22-20-12-5-4-9-18(20)15-24(14-16-7-2-1-3-8-16)21(25)19-11-6-10-17(19)13-23/h1-5,7-9,12,17,19H,6,10-11,13-15,23H2/t17-,19-/m1/s1. The SMILES string of the molecule is NC[C@H]1CCC[C@H]1C(=O)N(Cc1ccccc1)Cc1ccccc1F. The van der Waals surface area contributed by atoms with Crippen molar-refractivity contribution in [3.05, 3.63) is 71.5 Å². The highest BCUT2D eigenvalue weighted by molar-refractivity contribution is 5.79. The molecule has 2 atom stereocenters. The largest absolute Gasteiger partial charge is 0.334 e. The molecule has 1 fully saturated rings. The summed E-state index contributed by atoms with van der Waals surface area (Å²) < 4.78 is 14.1. The topological polar surface area (TPSA) is 46.3 Å². The molecule has 1 amide bonds. The van der Waals surface area contributed by atoms with Crippen LogP contribution in [0.2, 0.25) is 0 Å². The Morgan fingerprint density at radius 2 is 1.76 bits per heavy atom. The lowest BCUT2D eigenvalue weighted by Gasteiger charge is -2.28. The van der Waals surface area contributed by atoms with E-state index < -0.39 is 0 Å². The minimum atomic E-state index is -0.268. The highest BCUT2D eigenvalue weighted by atomic mass is 19.1. The van der Waals surface area contributed by atoms with Gasteiger partial charge in [0.25, 0.3) is 0 Å². The number of benzene rings is 2. The van der Waals surface area contributed by atoms with E-state index in [-0.39, 0.29) is 30.1 Å². The van der Waals surface area contributed by atoms with Gasteiger partial charge >= 0.3 is 0 Å². The second kappa shape index (κ2) is 8.26. The first kappa shape index (κ1) is 17.6. The quantitative estimate of drug-likeness (QED) is 0.871. The number of nitrogens with two attached hydrogens (primary N) is 1. The maximum absolute atomic E-state index is 14.1. The Morgan fingerprint density at radius 1 is 1.04 bits per heavy atom. The van der Waals surface area contributed by atoms with E-state index in [9.17, 15) is 9.18 Å². The zero-order valence-corrected chi connectivity index (χ0v) is 14.4. The molecule has 2 aromatic rings. The highest BCUT2D eigenvalue weighted by Gasteiger charge is 2.34. The molecule has 0 saturated heterocycles. The van der Waals surface area contributed by atoms with Crippen LogP contribution in [0.3, 0.4) is 0 Å². The first-order valence-corrected chi connectivity index (χ1v) is 8.95. The molecule has 0 unspecified atom stereocenters. The number of hydrogen-bond acceptors (Lipinski definition) is 2. The predicted octanol–water partition coefficient (Wildman–Crippen LogP) is 3.73. The molecular formula is C21H25FN2O. The zero-order valence-electron chi connectivity index (χ0n) is 14.4. The molecule has 0 aromatic heterocycles. The van der Waals surface area contributed by atoms with Gasteiger partial charge in [-0.1, -0.05) is 55.0 Å². The summed E-state index contributed by atoms with van der Waals surface area (Å²) in [7, 11) is 0. The number of halogens is 1. The molecule has 1 aliphatic carbocycles. The molecule has 0 spiro atoms. The summed E-state index contributed by atoms with van der Waals surface area (Å²) in [5.41, 5.74) is 7.46. The van der Waals surface area contributed by atoms with Crippen molar-refractivity contribution in [2.75, 3.05) is 6.54 Å². The minimum absolute atomic E-state index is 0.0412. The van der Waals surface area contributed by atoms with Crippen molar-refractivity contribution < 1.29 is 9.18 Å². The lowest BCUT2D eigenvalue weighted by Crippen LogP contribution is -2.38. The van der Waals surface area contributed by atoms with Crippen LogP contribution in [-0.2, 0) is 17.9 Å². The van der Waals surface area contributed by atoms with Crippen LogP contribution in [0.15, 0.2) is 54.6 Å². The van der Waals surface area contributed by atoms with Crippen molar-refractivity contribution in [3.8, 4) is 0 Å². The Morgan fingerprint density at radius 3 is 2.48 bits per heavy atom. The molecule has 0 heterocycles. The van der Waals surface area contributed by atoms with Gasteiger partial charge in [-0.3, -0.25) is 4.79 Å². The summed E-state index contributed by atoms with van der Waals surface area (Å²) in [4.78, 5) is 15.0. The fourth-order valence-corrected chi connectivity index (χ4v) is 3.73. The van der Waals surface area contributed by atoms with E-state index >= 15 is 0 Å².